The maximum Gasteiger partial charge on any atom is 0.490 e. The number of hydrogen-bond donors (Lipinski definition) is 4. The summed E-state index contributed by atoms with van der Waals surface area (Å²) >= 11 is 0. The highest BCUT2D eigenvalue weighted by Crippen LogP contribution is 2.30. The second-order valence-electron chi connectivity index (χ2n) is 5.77. The zero-order chi connectivity index (χ0) is 22.4. The third kappa shape index (κ3) is 7.61. The summed E-state index contributed by atoms with van der Waals surface area (Å²) in [4.78, 5) is 39.1. The molecule has 2 heterocycles. The third-order valence-electron chi connectivity index (χ3n) is 3.67. The number of urea groups is 1. The van der Waals surface area contributed by atoms with Gasteiger partial charge in [0.1, 0.15) is 6.04 Å². The van der Waals surface area contributed by atoms with E-state index in [1.165, 1.54) is 4.90 Å². The Labute approximate surface area is 162 Å². The van der Waals surface area contributed by atoms with Crippen molar-refractivity contribution < 1.29 is 54.8 Å². The molecule has 0 saturated carbocycles. The van der Waals surface area contributed by atoms with Crippen LogP contribution in [0.15, 0.2) is 0 Å². The van der Waals surface area contributed by atoms with Gasteiger partial charge in [-0.25, -0.2) is 15.1 Å². The molecule has 5 N–H and O–H groups in total. The average Bonchev–Trinajstić information content (AvgIpc) is 2.82. The molecule has 0 aromatic carbocycles. The number of nitrogens with zero attached hydrogens (tertiary/aromatic N) is 2. The predicted molar refractivity (Wildman–Crippen MR) is 84.8 cm³/mol. The first-order valence-electron chi connectivity index (χ1n) is 7.96. The van der Waals surface area contributed by atoms with E-state index in [-0.39, 0.29) is 13.2 Å². The van der Waals surface area contributed by atoms with E-state index in [9.17, 15) is 31.2 Å². The van der Waals surface area contributed by atoms with Crippen LogP contribution in [0.5, 0.6) is 0 Å². The number of carboxylic acids is 1. The van der Waals surface area contributed by atoms with Gasteiger partial charge in [-0.2, -0.15) is 26.7 Å². The minimum atomic E-state index is -5.08. The molecule has 0 aromatic rings. The van der Waals surface area contributed by atoms with Crippen molar-refractivity contribution in [2.45, 2.75) is 37.5 Å². The number of carbonyl (C=O) groups is 3. The number of rotatable bonds is 7. The van der Waals surface area contributed by atoms with E-state index in [1.54, 1.807) is 0 Å². The van der Waals surface area contributed by atoms with Crippen LogP contribution in [0.2, 0.25) is 0 Å². The summed E-state index contributed by atoms with van der Waals surface area (Å²) in [7, 11) is -4.80. The molecule has 29 heavy (non-hydrogen) atoms. The lowest BCUT2D eigenvalue weighted by Crippen LogP contribution is -2.49. The quantitative estimate of drug-likeness (QED) is 0.212. The molecule has 2 aliphatic rings. The Morgan fingerprint density at radius 3 is 2.38 bits per heavy atom. The lowest BCUT2D eigenvalue weighted by atomic mass is 10.0. The highest BCUT2D eigenvalue weighted by Gasteiger charge is 2.49. The van der Waals surface area contributed by atoms with E-state index in [0.717, 1.165) is 0 Å². The first-order valence-corrected chi connectivity index (χ1v) is 9.33. The van der Waals surface area contributed by atoms with Gasteiger partial charge >= 0.3 is 28.6 Å². The van der Waals surface area contributed by atoms with Crippen LogP contribution < -0.4 is 11.2 Å². The van der Waals surface area contributed by atoms with Crippen molar-refractivity contribution in [1.82, 2.24) is 15.4 Å². The fourth-order valence-corrected chi connectivity index (χ4v) is 2.84. The number of nitrogens with one attached hydrogen (secondary N) is 1. The average molecular weight is 452 g/mol. The zero-order valence-electron chi connectivity index (χ0n) is 14.7. The summed E-state index contributed by atoms with van der Waals surface area (Å²) < 4.78 is 66.2. The Bertz CT molecular complexity index is 718. The van der Waals surface area contributed by atoms with Crippen LogP contribution >= 0.6 is 0 Å². The van der Waals surface area contributed by atoms with Gasteiger partial charge < -0.3 is 15.7 Å². The molecule has 2 aliphatic heterocycles. The number of alkyl halides is 3. The minimum Gasteiger partial charge on any atom is -0.475 e. The Balaban J connectivity index is 0.000000516. The van der Waals surface area contributed by atoms with Crippen LogP contribution in [-0.4, -0.2) is 83.9 Å². The number of halogens is 3. The van der Waals surface area contributed by atoms with E-state index in [1.807, 2.05) is 0 Å². The monoisotopic (exact) mass is 452 g/mol. The van der Waals surface area contributed by atoms with Crippen molar-refractivity contribution >= 4 is 28.3 Å². The number of hydroxylamine groups is 3. The molecule has 0 spiro atoms. The van der Waals surface area contributed by atoms with E-state index < -0.39 is 46.6 Å². The van der Waals surface area contributed by atoms with Crippen molar-refractivity contribution in [3.8, 4) is 0 Å². The van der Waals surface area contributed by atoms with E-state index >= 15 is 0 Å². The van der Waals surface area contributed by atoms with Gasteiger partial charge in [-0.15, -0.1) is 4.28 Å². The maximum atomic E-state index is 12.1. The number of hydrogen-bond acceptors (Lipinski definition) is 8. The van der Waals surface area contributed by atoms with Crippen molar-refractivity contribution in [1.29, 1.82) is 0 Å². The summed E-state index contributed by atoms with van der Waals surface area (Å²) in [5, 5.41) is 7.71. The molecule has 0 unspecified atom stereocenters. The van der Waals surface area contributed by atoms with E-state index in [0.29, 0.717) is 30.9 Å². The zero-order valence-corrected chi connectivity index (χ0v) is 15.5. The number of nitrogens with two attached hydrogens (primary N) is 1. The van der Waals surface area contributed by atoms with Crippen LogP contribution in [0.3, 0.4) is 0 Å². The standard InChI is InChI=1S/C10H18N4O7S.C2HF3O2/c11-4-1-5-20-12-9(15)8-3-2-7-6-13(8)10(16)14(7)21-22(17,18)19;3-2(4,5)1(6)7/h7-8H,1-6,11H2,(H,12,15)(H,17,18,19);(H,6,7)/t7-,8+;/m1./s1. The first kappa shape index (κ1) is 24.8. The highest BCUT2D eigenvalue weighted by molar-refractivity contribution is 7.80. The number of carboxylic acid groups (broad SMARTS) is 1. The van der Waals surface area contributed by atoms with Gasteiger partial charge in [-0.3, -0.25) is 14.2 Å². The molecule has 17 heteroatoms. The molecule has 2 atom stereocenters. The van der Waals surface area contributed by atoms with Crippen LogP contribution in [0.25, 0.3) is 0 Å². The van der Waals surface area contributed by atoms with Gasteiger partial charge in [0.2, 0.25) is 0 Å². The van der Waals surface area contributed by atoms with Crippen molar-refractivity contribution in [2.75, 3.05) is 19.7 Å². The number of aliphatic carboxylic acids is 1. The van der Waals surface area contributed by atoms with Gasteiger partial charge in [-0.05, 0) is 25.8 Å². The van der Waals surface area contributed by atoms with Crippen molar-refractivity contribution in [3.05, 3.63) is 0 Å². The SMILES string of the molecule is NCCCONC(=O)[C@@H]1CC[C@@H]2CN1C(=O)N2OS(=O)(=O)O.O=C(O)C(F)(F)F. The third-order valence-corrected chi connectivity index (χ3v) is 4.01. The molecule has 2 bridgehead atoms. The van der Waals surface area contributed by atoms with Gasteiger partial charge in [0.05, 0.1) is 12.6 Å². The molecule has 3 amide bonds. The predicted octanol–water partition coefficient (Wildman–Crippen LogP) is -0.981. The Morgan fingerprint density at radius 1 is 1.31 bits per heavy atom. The molecule has 2 saturated heterocycles. The van der Waals surface area contributed by atoms with Gasteiger partial charge in [0, 0.05) is 6.54 Å². The Hall–Kier alpha value is -2.21. The Kier molecular flexibility index (Phi) is 8.57. The second kappa shape index (κ2) is 10.0. The van der Waals surface area contributed by atoms with Crippen molar-refractivity contribution in [2.24, 2.45) is 5.73 Å². The van der Waals surface area contributed by atoms with Crippen LogP contribution in [-0.2, 0) is 29.1 Å². The first-order chi connectivity index (χ1) is 13.3. The van der Waals surface area contributed by atoms with Crippen LogP contribution in [0.1, 0.15) is 19.3 Å². The topological polar surface area (TPSA) is 189 Å². The van der Waals surface area contributed by atoms with Gasteiger partial charge in [0.25, 0.3) is 5.91 Å². The molecule has 2 fully saturated rings. The summed E-state index contributed by atoms with van der Waals surface area (Å²) in [6.07, 6.45) is -3.82. The van der Waals surface area contributed by atoms with Gasteiger partial charge in [0.15, 0.2) is 0 Å². The highest BCUT2D eigenvalue weighted by atomic mass is 32.3. The second-order valence-corrected chi connectivity index (χ2v) is 6.77. The largest absolute Gasteiger partial charge is 0.490 e. The molecule has 0 aliphatic carbocycles. The summed E-state index contributed by atoms with van der Waals surface area (Å²) in [6.45, 7) is 0.812. The molecule has 2 rings (SSSR count). The molecule has 168 valence electrons. The number of piperidine rings is 1. The number of fused-ring (bicyclic) bond motifs is 2. The van der Waals surface area contributed by atoms with E-state index in [2.05, 4.69) is 9.76 Å². The smallest absolute Gasteiger partial charge is 0.475 e. The summed E-state index contributed by atoms with van der Waals surface area (Å²) in [5.41, 5.74) is 7.52. The number of amides is 3. The van der Waals surface area contributed by atoms with Gasteiger partial charge in [-0.1, -0.05) is 0 Å². The lowest BCUT2D eigenvalue weighted by molar-refractivity contribution is -0.192. The normalized spacial score (nSPS) is 21.5. The molecule has 13 nitrogen and oxygen atoms in total. The fraction of sp³-hybridized carbons (Fsp3) is 0.750. The lowest BCUT2D eigenvalue weighted by Gasteiger charge is -2.28. The summed E-state index contributed by atoms with van der Waals surface area (Å²) in [6, 6.07) is -2.10. The molecular formula is C12H19F3N4O9S. The van der Waals surface area contributed by atoms with Crippen LogP contribution in [0.4, 0.5) is 18.0 Å². The minimum absolute atomic E-state index is 0.134. The Morgan fingerprint density at radius 2 is 1.90 bits per heavy atom. The molecule has 0 aromatic heterocycles. The maximum absolute atomic E-state index is 12.1. The molecule has 0 radical (unpaired) electrons. The summed E-state index contributed by atoms with van der Waals surface area (Å²) in [5.74, 6) is -3.26. The van der Waals surface area contributed by atoms with Crippen molar-refractivity contribution in [3.63, 3.8) is 0 Å². The van der Waals surface area contributed by atoms with Crippen LogP contribution in [0, 0.1) is 0 Å². The molecular weight excluding hydrogens is 433 g/mol. The van der Waals surface area contributed by atoms with E-state index in [4.69, 9.17) is 25.0 Å². The fourth-order valence-electron chi connectivity index (χ4n) is 2.45. The number of carbonyl (C=O) groups excluding carboxylic acids is 2.